The number of nitrogens with zero attached hydrogens (tertiary/aromatic N) is 1. The van der Waals surface area contributed by atoms with Gasteiger partial charge in [-0.3, -0.25) is 4.79 Å². The Labute approximate surface area is 113 Å². The molecule has 0 aromatic heterocycles. The minimum Gasteiger partial charge on any atom is -0.486 e. The number of carbonyl (C=O) groups is 1. The Balaban J connectivity index is 1.99. The summed E-state index contributed by atoms with van der Waals surface area (Å²) in [6.45, 7) is 5.17. The van der Waals surface area contributed by atoms with Crippen LogP contribution in [0.5, 0.6) is 11.5 Å². The van der Waals surface area contributed by atoms with Gasteiger partial charge in [0.05, 0.1) is 12.6 Å². The smallest absolute Gasteiger partial charge is 0.239 e. The Morgan fingerprint density at radius 1 is 1.47 bits per heavy atom. The standard InChI is InChI=1S/C14H20N2O3/c1-3-16(14(17)10(2)15)8-11-9-18-12-6-4-5-7-13(12)19-11/h4-7,10-11H,3,8-9,15H2,1-2H3/t10-,11?/m1/s1. The van der Waals surface area contributed by atoms with E-state index in [4.69, 9.17) is 15.2 Å². The van der Waals surface area contributed by atoms with E-state index < -0.39 is 6.04 Å². The molecule has 0 aliphatic carbocycles. The van der Waals surface area contributed by atoms with Crippen LogP contribution in [0.4, 0.5) is 0 Å². The van der Waals surface area contributed by atoms with Gasteiger partial charge in [-0.15, -0.1) is 0 Å². The average Bonchev–Trinajstić information content (AvgIpc) is 2.43. The normalized spacial score (nSPS) is 18.8. The Morgan fingerprint density at radius 3 is 2.79 bits per heavy atom. The van der Waals surface area contributed by atoms with Crippen LogP contribution < -0.4 is 15.2 Å². The lowest BCUT2D eigenvalue weighted by Gasteiger charge is -2.31. The van der Waals surface area contributed by atoms with Crippen molar-refractivity contribution in [3.05, 3.63) is 24.3 Å². The van der Waals surface area contributed by atoms with Crippen LogP contribution in [-0.4, -0.2) is 42.6 Å². The fraction of sp³-hybridized carbons (Fsp3) is 0.500. The number of benzene rings is 1. The molecule has 0 bridgehead atoms. The predicted molar refractivity (Wildman–Crippen MR) is 72.3 cm³/mol. The highest BCUT2D eigenvalue weighted by Crippen LogP contribution is 2.30. The van der Waals surface area contributed by atoms with Gasteiger partial charge >= 0.3 is 0 Å². The first kappa shape index (κ1) is 13.7. The van der Waals surface area contributed by atoms with Crippen molar-refractivity contribution >= 4 is 5.91 Å². The van der Waals surface area contributed by atoms with E-state index in [1.807, 2.05) is 31.2 Å². The van der Waals surface area contributed by atoms with E-state index in [0.29, 0.717) is 19.7 Å². The zero-order valence-electron chi connectivity index (χ0n) is 11.3. The summed E-state index contributed by atoms with van der Waals surface area (Å²) in [5.74, 6) is 1.41. The molecule has 0 radical (unpaired) electrons. The number of hydrogen-bond donors (Lipinski definition) is 1. The molecule has 5 heteroatoms. The molecule has 0 saturated carbocycles. The molecule has 1 aliphatic rings. The van der Waals surface area contributed by atoms with Gasteiger partial charge in [-0.25, -0.2) is 0 Å². The van der Waals surface area contributed by atoms with E-state index in [1.54, 1.807) is 11.8 Å². The lowest BCUT2D eigenvalue weighted by atomic mass is 10.2. The Hall–Kier alpha value is -1.75. The molecule has 1 unspecified atom stereocenters. The SMILES string of the molecule is CCN(CC1COc2ccccc2O1)C(=O)[C@@H](C)N. The molecule has 1 heterocycles. The topological polar surface area (TPSA) is 64.8 Å². The van der Waals surface area contributed by atoms with Gasteiger partial charge in [0.2, 0.25) is 5.91 Å². The van der Waals surface area contributed by atoms with Gasteiger partial charge < -0.3 is 20.1 Å². The van der Waals surface area contributed by atoms with Gasteiger partial charge in [0, 0.05) is 6.54 Å². The molecule has 1 aliphatic heterocycles. The van der Waals surface area contributed by atoms with E-state index in [1.165, 1.54) is 0 Å². The minimum absolute atomic E-state index is 0.0649. The van der Waals surface area contributed by atoms with Crippen molar-refractivity contribution in [1.29, 1.82) is 0 Å². The van der Waals surface area contributed by atoms with Gasteiger partial charge in [0.25, 0.3) is 0 Å². The van der Waals surface area contributed by atoms with E-state index in [-0.39, 0.29) is 12.0 Å². The maximum atomic E-state index is 11.9. The van der Waals surface area contributed by atoms with Gasteiger partial charge in [0.1, 0.15) is 6.61 Å². The molecule has 2 atom stereocenters. The Morgan fingerprint density at radius 2 is 2.16 bits per heavy atom. The van der Waals surface area contributed by atoms with Gasteiger partial charge in [-0.05, 0) is 26.0 Å². The average molecular weight is 264 g/mol. The number of rotatable bonds is 4. The molecule has 5 nitrogen and oxygen atoms in total. The molecule has 0 fully saturated rings. The van der Waals surface area contributed by atoms with Crippen molar-refractivity contribution in [2.24, 2.45) is 5.73 Å². The van der Waals surface area contributed by atoms with Crippen LogP contribution in [0.15, 0.2) is 24.3 Å². The zero-order chi connectivity index (χ0) is 13.8. The van der Waals surface area contributed by atoms with Crippen LogP contribution in [0, 0.1) is 0 Å². The molecule has 1 aromatic rings. The molecule has 1 aromatic carbocycles. The summed E-state index contributed by atoms with van der Waals surface area (Å²) in [6.07, 6.45) is -0.155. The van der Waals surface area contributed by atoms with Crippen molar-refractivity contribution in [3.63, 3.8) is 0 Å². The number of amides is 1. The molecule has 0 saturated heterocycles. The van der Waals surface area contributed by atoms with Gasteiger partial charge in [0.15, 0.2) is 17.6 Å². The van der Waals surface area contributed by atoms with Crippen molar-refractivity contribution in [3.8, 4) is 11.5 Å². The summed E-state index contributed by atoms with van der Waals surface area (Å²) in [5.41, 5.74) is 5.63. The second-order valence-corrected chi connectivity index (χ2v) is 4.66. The summed E-state index contributed by atoms with van der Waals surface area (Å²) in [4.78, 5) is 13.6. The summed E-state index contributed by atoms with van der Waals surface area (Å²) in [6, 6.07) is 7.05. The molecule has 2 N–H and O–H groups in total. The van der Waals surface area contributed by atoms with E-state index in [2.05, 4.69) is 0 Å². The van der Waals surface area contributed by atoms with Crippen molar-refractivity contribution in [2.45, 2.75) is 26.0 Å². The summed E-state index contributed by atoms with van der Waals surface area (Å²) < 4.78 is 11.5. The minimum atomic E-state index is -0.489. The third-order valence-electron chi connectivity index (χ3n) is 3.07. The highest BCUT2D eigenvalue weighted by Gasteiger charge is 2.25. The van der Waals surface area contributed by atoms with E-state index in [9.17, 15) is 4.79 Å². The molecule has 0 spiro atoms. The molecule has 2 rings (SSSR count). The zero-order valence-corrected chi connectivity index (χ0v) is 11.3. The largest absolute Gasteiger partial charge is 0.486 e. The number of likely N-dealkylation sites (N-methyl/N-ethyl adjacent to an activating group) is 1. The molecular formula is C14H20N2O3. The van der Waals surface area contributed by atoms with Crippen LogP contribution in [-0.2, 0) is 4.79 Å². The van der Waals surface area contributed by atoms with Crippen LogP contribution in [0.25, 0.3) is 0 Å². The fourth-order valence-corrected chi connectivity index (χ4v) is 2.06. The quantitative estimate of drug-likeness (QED) is 0.882. The lowest BCUT2D eigenvalue weighted by molar-refractivity contribution is -0.133. The summed E-state index contributed by atoms with van der Waals surface area (Å²) in [5, 5.41) is 0. The number of carbonyl (C=O) groups excluding carboxylic acids is 1. The molecule has 104 valence electrons. The van der Waals surface area contributed by atoms with Crippen LogP contribution >= 0.6 is 0 Å². The van der Waals surface area contributed by atoms with E-state index in [0.717, 1.165) is 11.5 Å². The molecule has 19 heavy (non-hydrogen) atoms. The third kappa shape index (κ3) is 3.17. The first-order chi connectivity index (χ1) is 9.11. The van der Waals surface area contributed by atoms with E-state index >= 15 is 0 Å². The summed E-state index contributed by atoms with van der Waals surface area (Å²) >= 11 is 0. The maximum absolute atomic E-state index is 11.9. The third-order valence-corrected chi connectivity index (χ3v) is 3.07. The summed E-state index contributed by atoms with van der Waals surface area (Å²) in [7, 11) is 0. The number of para-hydroxylation sites is 2. The number of ether oxygens (including phenoxy) is 2. The second-order valence-electron chi connectivity index (χ2n) is 4.66. The van der Waals surface area contributed by atoms with Crippen LogP contribution in [0.3, 0.4) is 0 Å². The van der Waals surface area contributed by atoms with Crippen molar-refractivity contribution in [1.82, 2.24) is 4.90 Å². The number of hydrogen-bond acceptors (Lipinski definition) is 4. The van der Waals surface area contributed by atoms with Crippen LogP contribution in [0.1, 0.15) is 13.8 Å². The predicted octanol–water partition coefficient (Wildman–Crippen LogP) is 1.02. The highest BCUT2D eigenvalue weighted by atomic mass is 16.6. The monoisotopic (exact) mass is 264 g/mol. The lowest BCUT2D eigenvalue weighted by Crippen LogP contribution is -2.48. The maximum Gasteiger partial charge on any atom is 0.239 e. The first-order valence-corrected chi connectivity index (χ1v) is 6.54. The van der Waals surface area contributed by atoms with Crippen molar-refractivity contribution in [2.75, 3.05) is 19.7 Å². The first-order valence-electron chi connectivity index (χ1n) is 6.54. The second kappa shape index (κ2) is 5.93. The Bertz CT molecular complexity index is 448. The Kier molecular flexibility index (Phi) is 4.27. The van der Waals surface area contributed by atoms with Crippen molar-refractivity contribution < 1.29 is 14.3 Å². The molecular weight excluding hydrogens is 244 g/mol. The van der Waals surface area contributed by atoms with Gasteiger partial charge in [-0.2, -0.15) is 0 Å². The number of nitrogens with two attached hydrogens (primary N) is 1. The van der Waals surface area contributed by atoms with Gasteiger partial charge in [-0.1, -0.05) is 12.1 Å². The fourth-order valence-electron chi connectivity index (χ4n) is 2.06. The molecule has 1 amide bonds. The highest BCUT2D eigenvalue weighted by molar-refractivity contribution is 5.81. The van der Waals surface area contributed by atoms with Crippen LogP contribution in [0.2, 0.25) is 0 Å². The number of fused-ring (bicyclic) bond motifs is 1.